The second-order valence-corrected chi connectivity index (χ2v) is 9.17. The highest BCUT2D eigenvalue weighted by Gasteiger charge is 2.17. The lowest BCUT2D eigenvalue weighted by Crippen LogP contribution is -2.35. The van der Waals surface area contributed by atoms with Gasteiger partial charge in [-0.25, -0.2) is 4.98 Å². The number of hydrogen-bond acceptors (Lipinski definition) is 5. The number of benzene rings is 2. The molecule has 1 aliphatic rings. The molecule has 3 aromatic rings. The molecule has 1 aromatic heterocycles. The molecule has 2 heterocycles. The molecule has 1 amide bonds. The molecule has 5 nitrogen and oxygen atoms in total. The monoisotopic (exact) mass is 450 g/mol. The van der Waals surface area contributed by atoms with Crippen molar-refractivity contribution >= 4 is 17.2 Å². The number of amides is 1. The molecule has 0 fully saturated rings. The largest absolute Gasteiger partial charge is 0.491 e. The maximum absolute atomic E-state index is 13.1. The van der Waals surface area contributed by atoms with Gasteiger partial charge in [-0.2, -0.15) is 0 Å². The first-order chi connectivity index (χ1) is 15.6. The highest BCUT2D eigenvalue weighted by atomic mass is 32.1. The average molecular weight is 451 g/mol. The quantitative estimate of drug-likeness (QED) is 0.586. The Bertz CT molecular complexity index is 1060. The molecule has 6 heteroatoms. The summed E-state index contributed by atoms with van der Waals surface area (Å²) in [4.78, 5) is 19.4. The Morgan fingerprint density at radius 1 is 1.12 bits per heavy atom. The van der Waals surface area contributed by atoms with E-state index in [2.05, 4.69) is 54.4 Å². The molecular formula is C26H30N2O3S. The van der Waals surface area contributed by atoms with Gasteiger partial charge in [0.15, 0.2) is 0 Å². The molecule has 168 valence electrons. The van der Waals surface area contributed by atoms with Gasteiger partial charge in [-0.3, -0.25) is 4.79 Å². The fraction of sp³-hybridized carbons (Fsp3) is 0.385. The topological polar surface area (TPSA) is 51.7 Å². The molecule has 0 atom stereocenters. The van der Waals surface area contributed by atoms with Crippen LogP contribution in [0.25, 0.3) is 0 Å². The van der Waals surface area contributed by atoms with Crippen molar-refractivity contribution in [3.63, 3.8) is 0 Å². The summed E-state index contributed by atoms with van der Waals surface area (Å²) in [5.74, 6) is 0.995. The van der Waals surface area contributed by atoms with E-state index in [0.29, 0.717) is 39.3 Å². The molecule has 0 saturated carbocycles. The van der Waals surface area contributed by atoms with E-state index in [1.807, 2.05) is 17.2 Å². The van der Waals surface area contributed by atoms with E-state index < -0.39 is 0 Å². The van der Waals surface area contributed by atoms with Gasteiger partial charge in [0.05, 0.1) is 30.3 Å². The van der Waals surface area contributed by atoms with Crippen LogP contribution in [0.4, 0.5) is 0 Å². The molecular weight excluding hydrogens is 420 g/mol. The van der Waals surface area contributed by atoms with Crippen molar-refractivity contribution in [2.24, 2.45) is 0 Å². The van der Waals surface area contributed by atoms with Gasteiger partial charge < -0.3 is 14.4 Å². The summed E-state index contributed by atoms with van der Waals surface area (Å²) >= 11 is 1.58. The molecule has 0 saturated heterocycles. The SMILES string of the molecule is CCc1ccc2c(c1)Cc1cccc(c1)CN(C(=O)Cc1csc(C)n1)CCOCCO2. The minimum absolute atomic E-state index is 0.0746. The van der Waals surface area contributed by atoms with Crippen LogP contribution < -0.4 is 4.74 Å². The predicted molar refractivity (Wildman–Crippen MR) is 127 cm³/mol. The first kappa shape index (κ1) is 22.5. The molecule has 0 N–H and O–H groups in total. The first-order valence-electron chi connectivity index (χ1n) is 11.2. The number of hydrogen-bond donors (Lipinski definition) is 0. The van der Waals surface area contributed by atoms with Gasteiger partial charge >= 0.3 is 0 Å². The van der Waals surface area contributed by atoms with Crippen LogP contribution in [0, 0.1) is 6.92 Å². The molecule has 2 bridgehead atoms. The number of nitrogens with zero attached hydrogens (tertiary/aromatic N) is 2. The van der Waals surface area contributed by atoms with E-state index in [-0.39, 0.29) is 5.91 Å². The van der Waals surface area contributed by atoms with Gasteiger partial charge in [0, 0.05) is 24.9 Å². The van der Waals surface area contributed by atoms with Crippen molar-refractivity contribution in [1.29, 1.82) is 0 Å². The lowest BCUT2D eigenvalue weighted by atomic mass is 9.99. The minimum atomic E-state index is 0.0746. The summed E-state index contributed by atoms with van der Waals surface area (Å²) in [7, 11) is 0. The lowest BCUT2D eigenvalue weighted by molar-refractivity contribution is -0.132. The lowest BCUT2D eigenvalue weighted by Gasteiger charge is -2.23. The van der Waals surface area contributed by atoms with Gasteiger partial charge in [-0.15, -0.1) is 11.3 Å². The van der Waals surface area contributed by atoms with E-state index >= 15 is 0 Å². The standard InChI is InChI=1S/C26H30N2O3S/c1-3-20-7-8-25-23(14-20)15-21-5-4-6-22(13-21)17-28(9-10-30-11-12-31-25)26(29)16-24-18-32-19(2)27-24/h4-8,13-14,18H,3,9-12,15-17H2,1-2H3. The number of rotatable bonds is 3. The van der Waals surface area contributed by atoms with E-state index in [0.717, 1.165) is 34.9 Å². The van der Waals surface area contributed by atoms with E-state index in [9.17, 15) is 4.79 Å². The molecule has 0 spiro atoms. The van der Waals surface area contributed by atoms with Crippen LogP contribution in [0.2, 0.25) is 0 Å². The minimum Gasteiger partial charge on any atom is -0.491 e. The molecule has 0 unspecified atom stereocenters. The zero-order valence-electron chi connectivity index (χ0n) is 18.8. The van der Waals surface area contributed by atoms with Crippen molar-refractivity contribution in [1.82, 2.24) is 9.88 Å². The first-order valence-corrected chi connectivity index (χ1v) is 12.1. The highest BCUT2D eigenvalue weighted by Crippen LogP contribution is 2.25. The number of carbonyl (C=O) groups excluding carboxylic acids is 1. The zero-order chi connectivity index (χ0) is 22.3. The third kappa shape index (κ3) is 5.96. The molecule has 0 radical (unpaired) electrons. The van der Waals surface area contributed by atoms with Crippen molar-refractivity contribution in [3.8, 4) is 5.75 Å². The van der Waals surface area contributed by atoms with Gasteiger partial charge in [0.2, 0.25) is 5.91 Å². The Kier molecular flexibility index (Phi) is 7.55. The Morgan fingerprint density at radius 2 is 2.00 bits per heavy atom. The second-order valence-electron chi connectivity index (χ2n) is 8.10. The van der Waals surface area contributed by atoms with Crippen molar-refractivity contribution in [2.45, 2.75) is 39.7 Å². The van der Waals surface area contributed by atoms with Crippen LogP contribution in [0.5, 0.6) is 5.75 Å². The number of thiazole rings is 1. The maximum Gasteiger partial charge on any atom is 0.228 e. The fourth-order valence-electron chi connectivity index (χ4n) is 3.95. The molecule has 4 rings (SSSR count). The normalized spacial score (nSPS) is 14.9. The van der Waals surface area contributed by atoms with Crippen LogP contribution in [-0.2, 0) is 35.3 Å². The van der Waals surface area contributed by atoms with E-state index in [1.54, 1.807) is 11.3 Å². The summed E-state index contributed by atoms with van der Waals surface area (Å²) in [6, 6.07) is 14.9. The Morgan fingerprint density at radius 3 is 2.81 bits per heavy atom. The molecule has 0 aliphatic carbocycles. The number of aromatic nitrogens is 1. The second kappa shape index (κ2) is 10.7. The molecule has 1 aliphatic heterocycles. The Labute approximate surface area is 194 Å². The number of aryl methyl sites for hydroxylation is 2. The Hall–Kier alpha value is -2.70. The van der Waals surface area contributed by atoms with E-state index in [4.69, 9.17) is 9.47 Å². The maximum atomic E-state index is 13.1. The number of carbonyl (C=O) groups is 1. The van der Waals surface area contributed by atoms with Gasteiger partial charge in [-0.1, -0.05) is 43.3 Å². The van der Waals surface area contributed by atoms with Crippen molar-refractivity contribution < 1.29 is 14.3 Å². The Balaban J connectivity index is 1.57. The van der Waals surface area contributed by atoms with Crippen molar-refractivity contribution in [3.05, 3.63) is 80.8 Å². The molecule has 32 heavy (non-hydrogen) atoms. The number of fused-ring (bicyclic) bond motifs is 3. The third-order valence-corrected chi connectivity index (χ3v) is 6.46. The van der Waals surface area contributed by atoms with Gasteiger partial charge in [-0.05, 0) is 41.7 Å². The summed E-state index contributed by atoms with van der Waals surface area (Å²) < 4.78 is 11.8. The fourth-order valence-corrected chi connectivity index (χ4v) is 4.56. The van der Waals surface area contributed by atoms with Gasteiger partial charge in [0.25, 0.3) is 0 Å². The van der Waals surface area contributed by atoms with E-state index in [1.165, 1.54) is 16.7 Å². The van der Waals surface area contributed by atoms with Crippen molar-refractivity contribution in [2.75, 3.05) is 26.4 Å². The summed E-state index contributed by atoms with van der Waals surface area (Å²) in [5.41, 5.74) is 5.66. The average Bonchev–Trinajstić information content (AvgIpc) is 3.20. The summed E-state index contributed by atoms with van der Waals surface area (Å²) in [5, 5.41) is 2.95. The van der Waals surface area contributed by atoms with Gasteiger partial charge in [0.1, 0.15) is 12.4 Å². The van der Waals surface area contributed by atoms with Crippen LogP contribution in [0.15, 0.2) is 47.8 Å². The molecule has 2 aromatic carbocycles. The van der Waals surface area contributed by atoms with Crippen LogP contribution in [0.1, 0.15) is 39.9 Å². The smallest absolute Gasteiger partial charge is 0.228 e. The third-order valence-electron chi connectivity index (χ3n) is 5.63. The van der Waals surface area contributed by atoms with Crippen LogP contribution in [0.3, 0.4) is 0 Å². The highest BCUT2D eigenvalue weighted by molar-refractivity contribution is 7.09. The van der Waals surface area contributed by atoms with Crippen LogP contribution in [-0.4, -0.2) is 42.2 Å². The zero-order valence-corrected chi connectivity index (χ0v) is 19.6. The van der Waals surface area contributed by atoms with Crippen LogP contribution >= 0.6 is 11.3 Å². The summed E-state index contributed by atoms with van der Waals surface area (Å²) in [6.45, 7) is 6.70. The number of ether oxygens (including phenoxy) is 2. The summed E-state index contributed by atoms with van der Waals surface area (Å²) in [6.07, 6.45) is 2.11. The predicted octanol–water partition coefficient (Wildman–Crippen LogP) is 4.59.